The van der Waals surface area contributed by atoms with E-state index in [9.17, 15) is 8.42 Å². The lowest BCUT2D eigenvalue weighted by atomic mass is 10.0. The predicted octanol–water partition coefficient (Wildman–Crippen LogP) is 2.62. The fourth-order valence-electron chi connectivity index (χ4n) is 2.69. The maximum atomic E-state index is 12.6. The van der Waals surface area contributed by atoms with Gasteiger partial charge in [0, 0.05) is 12.2 Å². The van der Waals surface area contributed by atoms with Crippen LogP contribution in [0.15, 0.2) is 11.0 Å². The molecule has 1 aromatic carbocycles. The van der Waals surface area contributed by atoms with Crippen LogP contribution in [0.25, 0.3) is 0 Å². The van der Waals surface area contributed by atoms with E-state index in [4.69, 9.17) is 5.73 Å². The van der Waals surface area contributed by atoms with Crippen molar-refractivity contribution in [2.45, 2.75) is 38.5 Å². The lowest BCUT2D eigenvalue weighted by molar-refractivity contribution is 0.476. The summed E-state index contributed by atoms with van der Waals surface area (Å²) in [6.07, 6.45) is 2.17. The van der Waals surface area contributed by atoms with Crippen molar-refractivity contribution in [1.29, 1.82) is 0 Å². The molecule has 4 nitrogen and oxygen atoms in total. The minimum absolute atomic E-state index is 0.352. The fourth-order valence-corrected chi connectivity index (χ4v) is 5.58. The highest BCUT2D eigenvalue weighted by molar-refractivity contribution is 7.99. The molecule has 0 amide bonds. The molecular formula is C15H24N2O2S2. The van der Waals surface area contributed by atoms with Gasteiger partial charge in [-0.15, -0.1) is 0 Å². The monoisotopic (exact) mass is 328 g/mol. The van der Waals surface area contributed by atoms with Gasteiger partial charge >= 0.3 is 0 Å². The van der Waals surface area contributed by atoms with Crippen LogP contribution in [-0.4, -0.2) is 26.5 Å². The SMILES string of the molecule is Cc1cc(N)c(C)c(S(=O)(=O)NCC2CCSCC2)c1C. The van der Waals surface area contributed by atoms with Crippen LogP contribution >= 0.6 is 11.8 Å². The molecule has 0 aromatic heterocycles. The first-order chi connectivity index (χ1) is 9.83. The Morgan fingerprint density at radius 2 is 1.86 bits per heavy atom. The number of thioether (sulfide) groups is 1. The van der Waals surface area contributed by atoms with Gasteiger partial charge in [0.1, 0.15) is 0 Å². The smallest absolute Gasteiger partial charge is 0.241 e. The Kier molecular flexibility index (Phi) is 5.22. The van der Waals surface area contributed by atoms with E-state index < -0.39 is 10.0 Å². The minimum Gasteiger partial charge on any atom is -0.398 e. The van der Waals surface area contributed by atoms with Gasteiger partial charge in [-0.1, -0.05) is 0 Å². The van der Waals surface area contributed by atoms with E-state index >= 15 is 0 Å². The molecule has 0 radical (unpaired) electrons. The van der Waals surface area contributed by atoms with Gasteiger partial charge in [0.15, 0.2) is 0 Å². The van der Waals surface area contributed by atoms with E-state index in [-0.39, 0.29) is 0 Å². The molecule has 0 aliphatic carbocycles. The van der Waals surface area contributed by atoms with Crippen LogP contribution in [0.1, 0.15) is 29.5 Å². The van der Waals surface area contributed by atoms with Crippen LogP contribution in [0.5, 0.6) is 0 Å². The summed E-state index contributed by atoms with van der Waals surface area (Å²) in [6.45, 7) is 6.03. The molecule has 1 aliphatic rings. The van der Waals surface area contributed by atoms with Crippen LogP contribution in [-0.2, 0) is 10.0 Å². The highest BCUT2D eigenvalue weighted by Gasteiger charge is 2.24. The lowest BCUT2D eigenvalue weighted by Crippen LogP contribution is -2.32. The molecule has 2 rings (SSSR count). The molecule has 118 valence electrons. The fraction of sp³-hybridized carbons (Fsp3) is 0.600. The van der Waals surface area contributed by atoms with Gasteiger partial charge in [-0.25, -0.2) is 13.1 Å². The van der Waals surface area contributed by atoms with Gasteiger partial charge in [-0.2, -0.15) is 11.8 Å². The Balaban J connectivity index is 2.23. The van der Waals surface area contributed by atoms with Crippen molar-refractivity contribution in [2.75, 3.05) is 23.8 Å². The van der Waals surface area contributed by atoms with E-state index in [0.717, 1.165) is 35.5 Å². The van der Waals surface area contributed by atoms with Gasteiger partial charge in [0.05, 0.1) is 4.90 Å². The van der Waals surface area contributed by atoms with E-state index in [1.807, 2.05) is 31.7 Å². The molecule has 0 unspecified atom stereocenters. The van der Waals surface area contributed by atoms with Crippen LogP contribution in [0.2, 0.25) is 0 Å². The quantitative estimate of drug-likeness (QED) is 0.833. The summed E-state index contributed by atoms with van der Waals surface area (Å²) in [4.78, 5) is 0.352. The van der Waals surface area contributed by atoms with Gasteiger partial charge in [-0.3, -0.25) is 0 Å². The second-order valence-corrected chi connectivity index (χ2v) is 8.70. The number of aryl methyl sites for hydroxylation is 1. The third kappa shape index (κ3) is 3.73. The topological polar surface area (TPSA) is 72.2 Å². The number of nitrogens with two attached hydrogens (primary N) is 1. The minimum atomic E-state index is -3.50. The van der Waals surface area contributed by atoms with Crippen molar-refractivity contribution in [3.05, 3.63) is 22.8 Å². The molecule has 1 aliphatic heterocycles. The zero-order valence-corrected chi connectivity index (χ0v) is 14.5. The molecule has 3 N–H and O–H groups in total. The number of rotatable bonds is 4. The molecular weight excluding hydrogens is 304 g/mol. The number of sulfonamides is 1. The summed E-state index contributed by atoms with van der Waals surface area (Å²) in [7, 11) is -3.50. The number of anilines is 1. The standard InChI is InChI=1S/C15H24N2O2S2/c1-10-8-14(16)12(3)15(11(10)2)21(18,19)17-9-13-4-6-20-7-5-13/h8,13,17H,4-7,9,16H2,1-3H3. The van der Waals surface area contributed by atoms with Crippen LogP contribution in [0, 0.1) is 26.7 Å². The average Bonchev–Trinajstić information content (AvgIpc) is 2.44. The van der Waals surface area contributed by atoms with Crippen LogP contribution in [0.4, 0.5) is 5.69 Å². The van der Waals surface area contributed by atoms with E-state index in [0.29, 0.717) is 28.6 Å². The number of hydrogen-bond acceptors (Lipinski definition) is 4. The first-order valence-corrected chi connectivity index (χ1v) is 9.90. The number of hydrogen-bond donors (Lipinski definition) is 2. The molecule has 0 atom stereocenters. The molecule has 1 heterocycles. The van der Waals surface area contributed by atoms with Gasteiger partial charge in [0.2, 0.25) is 10.0 Å². The Labute approximate surface area is 131 Å². The van der Waals surface area contributed by atoms with E-state index in [1.54, 1.807) is 6.92 Å². The average molecular weight is 329 g/mol. The highest BCUT2D eigenvalue weighted by Crippen LogP contribution is 2.28. The summed E-state index contributed by atoms with van der Waals surface area (Å²) >= 11 is 1.94. The van der Waals surface area contributed by atoms with Crippen molar-refractivity contribution in [3.8, 4) is 0 Å². The molecule has 21 heavy (non-hydrogen) atoms. The summed E-state index contributed by atoms with van der Waals surface area (Å²) in [5.74, 6) is 2.70. The predicted molar refractivity (Wildman–Crippen MR) is 90.3 cm³/mol. The molecule has 0 bridgehead atoms. The molecule has 6 heteroatoms. The summed E-state index contributed by atoms with van der Waals surface area (Å²) in [5.41, 5.74) is 8.80. The summed E-state index contributed by atoms with van der Waals surface area (Å²) in [5, 5.41) is 0. The number of nitrogens with one attached hydrogen (secondary N) is 1. The summed E-state index contributed by atoms with van der Waals surface area (Å²) < 4.78 is 28.1. The van der Waals surface area contributed by atoms with Gasteiger partial charge in [-0.05, 0) is 73.8 Å². The van der Waals surface area contributed by atoms with Crippen molar-refractivity contribution in [1.82, 2.24) is 4.72 Å². The Morgan fingerprint density at radius 3 is 2.48 bits per heavy atom. The normalized spacial score (nSPS) is 17.1. The van der Waals surface area contributed by atoms with E-state index in [1.165, 1.54) is 0 Å². The van der Waals surface area contributed by atoms with Crippen molar-refractivity contribution in [3.63, 3.8) is 0 Å². The zero-order chi connectivity index (χ0) is 15.6. The lowest BCUT2D eigenvalue weighted by Gasteiger charge is -2.22. The summed E-state index contributed by atoms with van der Waals surface area (Å²) in [6, 6.07) is 1.84. The Bertz CT molecular complexity index is 595. The maximum Gasteiger partial charge on any atom is 0.241 e. The van der Waals surface area contributed by atoms with Crippen molar-refractivity contribution >= 4 is 27.5 Å². The van der Waals surface area contributed by atoms with Crippen LogP contribution in [0.3, 0.4) is 0 Å². The molecule has 1 fully saturated rings. The first-order valence-electron chi connectivity index (χ1n) is 7.26. The highest BCUT2D eigenvalue weighted by atomic mass is 32.2. The number of benzene rings is 1. The van der Waals surface area contributed by atoms with Crippen molar-refractivity contribution in [2.24, 2.45) is 5.92 Å². The largest absolute Gasteiger partial charge is 0.398 e. The second kappa shape index (κ2) is 6.58. The third-order valence-corrected chi connectivity index (χ3v) is 6.99. The Morgan fingerprint density at radius 1 is 1.24 bits per heavy atom. The van der Waals surface area contributed by atoms with Crippen LogP contribution < -0.4 is 10.5 Å². The molecule has 1 aromatic rings. The van der Waals surface area contributed by atoms with E-state index in [2.05, 4.69) is 4.72 Å². The van der Waals surface area contributed by atoms with Crippen molar-refractivity contribution < 1.29 is 8.42 Å². The maximum absolute atomic E-state index is 12.6. The van der Waals surface area contributed by atoms with Gasteiger partial charge in [0.25, 0.3) is 0 Å². The second-order valence-electron chi connectivity index (χ2n) is 5.77. The number of nitrogen functional groups attached to an aromatic ring is 1. The van der Waals surface area contributed by atoms with Gasteiger partial charge < -0.3 is 5.73 Å². The third-order valence-electron chi connectivity index (χ3n) is 4.25. The molecule has 1 saturated heterocycles. The first kappa shape index (κ1) is 16.6. The molecule has 0 saturated carbocycles. The Hall–Kier alpha value is -0.720. The molecule has 0 spiro atoms. The zero-order valence-electron chi connectivity index (χ0n) is 12.9.